The van der Waals surface area contributed by atoms with Gasteiger partial charge in [-0.3, -0.25) is 9.59 Å². The van der Waals surface area contributed by atoms with Crippen LogP contribution in [0.25, 0.3) is 0 Å². The monoisotopic (exact) mass is 582 g/mol. The third-order valence-electron chi connectivity index (χ3n) is 6.03. The van der Waals surface area contributed by atoms with Crippen LogP contribution in [0.5, 0.6) is 17.2 Å². The molecule has 0 saturated carbocycles. The summed E-state index contributed by atoms with van der Waals surface area (Å²) in [4.78, 5) is 28.8. The number of nitrogens with zero attached hydrogens (tertiary/aromatic N) is 1. The van der Waals surface area contributed by atoms with Crippen molar-refractivity contribution in [3.8, 4) is 17.2 Å². The third kappa shape index (κ3) is 8.80. The van der Waals surface area contributed by atoms with E-state index in [1.807, 2.05) is 54.6 Å². The Labute approximate surface area is 233 Å². The fourth-order valence-corrected chi connectivity index (χ4v) is 4.43. The van der Waals surface area contributed by atoms with E-state index in [0.717, 1.165) is 28.4 Å². The van der Waals surface area contributed by atoms with Crippen molar-refractivity contribution >= 4 is 27.7 Å². The van der Waals surface area contributed by atoms with Crippen LogP contribution in [0, 0.1) is 0 Å². The van der Waals surface area contributed by atoms with Crippen molar-refractivity contribution in [1.29, 1.82) is 0 Å². The van der Waals surface area contributed by atoms with Crippen molar-refractivity contribution in [2.24, 2.45) is 0 Å². The quantitative estimate of drug-likeness (QED) is 0.257. The van der Waals surface area contributed by atoms with E-state index in [0.29, 0.717) is 30.2 Å². The van der Waals surface area contributed by atoms with Crippen molar-refractivity contribution in [3.63, 3.8) is 0 Å². The van der Waals surface area contributed by atoms with Gasteiger partial charge in [0.15, 0.2) is 6.61 Å². The average Bonchev–Trinajstić information content (AvgIpc) is 2.94. The fraction of sp³-hybridized carbons (Fsp3) is 0.333. The summed E-state index contributed by atoms with van der Waals surface area (Å²) in [7, 11) is 3.10. The summed E-state index contributed by atoms with van der Waals surface area (Å²) in [5.41, 5.74) is 1.86. The van der Waals surface area contributed by atoms with Crippen LogP contribution in [0.2, 0.25) is 0 Å². The summed E-state index contributed by atoms with van der Waals surface area (Å²) in [5.74, 6) is 1.04. The van der Waals surface area contributed by atoms with Gasteiger partial charge in [-0.15, -0.1) is 0 Å². The number of nitrogens with one attached hydrogen (secondary N) is 1. The number of carbonyl (C=O) groups excluding carboxylic acids is 2. The molecule has 0 fully saturated rings. The predicted octanol–water partition coefficient (Wildman–Crippen LogP) is 5.40. The summed E-state index contributed by atoms with van der Waals surface area (Å²) in [6.07, 6.45) is 2.21. The van der Waals surface area contributed by atoms with Crippen LogP contribution in [0.3, 0.4) is 0 Å². The number of benzene rings is 3. The Kier molecular flexibility index (Phi) is 11.5. The number of methoxy groups -OCH3 is 2. The van der Waals surface area contributed by atoms with Crippen molar-refractivity contribution in [2.75, 3.05) is 27.4 Å². The van der Waals surface area contributed by atoms with Gasteiger partial charge in [-0.05, 0) is 29.7 Å². The molecule has 0 aliphatic rings. The molecule has 0 radical (unpaired) electrons. The molecule has 0 saturated heterocycles. The smallest absolute Gasteiger partial charge is 0.261 e. The molecular weight excluding hydrogens is 548 g/mol. The number of halogens is 1. The van der Waals surface area contributed by atoms with E-state index < -0.39 is 6.04 Å². The van der Waals surface area contributed by atoms with Crippen LogP contribution < -0.4 is 19.5 Å². The minimum atomic E-state index is -0.718. The molecule has 202 valence electrons. The van der Waals surface area contributed by atoms with Crippen LogP contribution in [0.4, 0.5) is 0 Å². The second kappa shape index (κ2) is 15.0. The first-order valence-electron chi connectivity index (χ1n) is 12.6. The molecule has 38 heavy (non-hydrogen) atoms. The lowest BCUT2D eigenvalue weighted by Gasteiger charge is -2.31. The largest absolute Gasteiger partial charge is 0.496 e. The van der Waals surface area contributed by atoms with Crippen LogP contribution in [0.15, 0.2) is 77.3 Å². The van der Waals surface area contributed by atoms with E-state index >= 15 is 0 Å². The summed E-state index contributed by atoms with van der Waals surface area (Å²) in [6, 6.07) is 21.8. The maximum atomic E-state index is 13.7. The standard InChI is InChI=1S/C30H35BrN2O5/c1-4-5-14-32-30(35)28(16-22-10-7-6-8-11-22)33(20-23-12-9-13-24(31)15-23)29(34)21-38-27-18-25(36-2)17-26(19-27)37-3/h6-13,15,17-19,28H,4-5,14,16,20-21H2,1-3H3,(H,32,35). The topological polar surface area (TPSA) is 77.1 Å². The number of unbranched alkanes of at least 4 members (excludes halogenated alkanes) is 1. The number of rotatable bonds is 14. The Morgan fingerprint density at radius 2 is 1.55 bits per heavy atom. The van der Waals surface area contributed by atoms with Crippen LogP contribution in [0.1, 0.15) is 30.9 Å². The van der Waals surface area contributed by atoms with Crippen molar-refractivity contribution in [1.82, 2.24) is 10.2 Å². The lowest BCUT2D eigenvalue weighted by Crippen LogP contribution is -2.51. The zero-order valence-corrected chi connectivity index (χ0v) is 23.7. The molecule has 0 aliphatic heterocycles. The van der Waals surface area contributed by atoms with Crippen LogP contribution in [-0.2, 0) is 22.6 Å². The highest BCUT2D eigenvalue weighted by atomic mass is 79.9. The Bertz CT molecular complexity index is 1170. The Morgan fingerprint density at radius 1 is 0.895 bits per heavy atom. The lowest BCUT2D eigenvalue weighted by atomic mass is 10.0. The summed E-state index contributed by atoms with van der Waals surface area (Å²) < 4.78 is 17.4. The molecule has 0 bridgehead atoms. The van der Waals surface area contributed by atoms with E-state index in [4.69, 9.17) is 14.2 Å². The van der Waals surface area contributed by atoms with E-state index in [2.05, 4.69) is 28.2 Å². The van der Waals surface area contributed by atoms with Gasteiger partial charge in [0.1, 0.15) is 23.3 Å². The molecule has 0 spiro atoms. The highest BCUT2D eigenvalue weighted by Crippen LogP contribution is 2.27. The molecular formula is C30H35BrN2O5. The normalized spacial score (nSPS) is 11.4. The van der Waals surface area contributed by atoms with Gasteiger partial charge in [0, 0.05) is 42.2 Å². The second-order valence-corrected chi connectivity index (χ2v) is 9.75. The first-order chi connectivity index (χ1) is 18.4. The van der Waals surface area contributed by atoms with Gasteiger partial charge in [-0.25, -0.2) is 0 Å². The van der Waals surface area contributed by atoms with Crippen molar-refractivity contribution < 1.29 is 23.8 Å². The molecule has 7 nitrogen and oxygen atoms in total. The number of hydrogen-bond acceptors (Lipinski definition) is 5. The van der Waals surface area contributed by atoms with E-state index in [9.17, 15) is 9.59 Å². The minimum Gasteiger partial charge on any atom is -0.496 e. The summed E-state index contributed by atoms with van der Waals surface area (Å²) in [6.45, 7) is 2.63. The zero-order valence-electron chi connectivity index (χ0n) is 22.1. The second-order valence-electron chi connectivity index (χ2n) is 8.84. The first kappa shape index (κ1) is 29.0. The molecule has 1 N–H and O–H groups in total. The van der Waals surface area contributed by atoms with Crippen molar-refractivity contribution in [2.45, 2.75) is 38.8 Å². The molecule has 0 aliphatic carbocycles. The fourth-order valence-electron chi connectivity index (χ4n) is 3.98. The molecule has 1 unspecified atom stereocenters. The molecule has 0 aromatic heterocycles. The molecule has 3 aromatic carbocycles. The molecule has 1 atom stereocenters. The average molecular weight is 584 g/mol. The van der Waals surface area contributed by atoms with Crippen LogP contribution >= 0.6 is 15.9 Å². The van der Waals surface area contributed by atoms with Gasteiger partial charge in [0.25, 0.3) is 5.91 Å². The molecule has 3 rings (SSSR count). The number of amides is 2. The van der Waals surface area contributed by atoms with Gasteiger partial charge in [-0.1, -0.05) is 71.7 Å². The zero-order chi connectivity index (χ0) is 27.3. The number of hydrogen-bond donors (Lipinski definition) is 1. The lowest BCUT2D eigenvalue weighted by molar-refractivity contribution is -0.142. The third-order valence-corrected chi connectivity index (χ3v) is 6.52. The summed E-state index contributed by atoms with van der Waals surface area (Å²) in [5, 5.41) is 3.02. The highest BCUT2D eigenvalue weighted by molar-refractivity contribution is 9.10. The Balaban J connectivity index is 1.90. The molecule has 3 aromatic rings. The molecule has 0 heterocycles. The van der Waals surface area contributed by atoms with E-state index in [1.165, 1.54) is 0 Å². The minimum absolute atomic E-state index is 0.186. The van der Waals surface area contributed by atoms with Crippen molar-refractivity contribution in [3.05, 3.63) is 88.4 Å². The first-order valence-corrected chi connectivity index (χ1v) is 13.4. The maximum Gasteiger partial charge on any atom is 0.261 e. The van der Waals surface area contributed by atoms with Gasteiger partial charge in [0.2, 0.25) is 5.91 Å². The number of carbonyl (C=O) groups is 2. The SMILES string of the molecule is CCCCNC(=O)C(Cc1ccccc1)N(Cc1cccc(Br)c1)C(=O)COc1cc(OC)cc(OC)c1. The van der Waals surface area contributed by atoms with Gasteiger partial charge >= 0.3 is 0 Å². The molecule has 8 heteroatoms. The van der Waals surface area contributed by atoms with E-state index in [1.54, 1.807) is 37.3 Å². The van der Waals surface area contributed by atoms with Crippen LogP contribution in [-0.4, -0.2) is 50.1 Å². The highest BCUT2D eigenvalue weighted by Gasteiger charge is 2.30. The van der Waals surface area contributed by atoms with Gasteiger partial charge in [0.05, 0.1) is 14.2 Å². The predicted molar refractivity (Wildman–Crippen MR) is 152 cm³/mol. The Morgan fingerprint density at radius 3 is 2.18 bits per heavy atom. The molecule has 2 amide bonds. The van der Waals surface area contributed by atoms with Gasteiger partial charge in [-0.2, -0.15) is 0 Å². The van der Waals surface area contributed by atoms with E-state index in [-0.39, 0.29) is 25.0 Å². The maximum absolute atomic E-state index is 13.7. The van der Waals surface area contributed by atoms with Gasteiger partial charge < -0.3 is 24.4 Å². The number of ether oxygens (including phenoxy) is 3. The summed E-state index contributed by atoms with van der Waals surface area (Å²) >= 11 is 3.51. The Hall–Kier alpha value is -3.52.